The first-order valence-electron chi connectivity index (χ1n) is 10.4. The molecule has 0 aliphatic carbocycles. The molecule has 1 aromatic heterocycles. The summed E-state index contributed by atoms with van der Waals surface area (Å²) in [7, 11) is 0. The van der Waals surface area contributed by atoms with Crippen molar-refractivity contribution in [2.45, 2.75) is 13.0 Å². The second-order valence-corrected chi connectivity index (χ2v) is 8.54. The van der Waals surface area contributed by atoms with Gasteiger partial charge in [0.15, 0.2) is 4.77 Å². The Morgan fingerprint density at radius 1 is 0.971 bits per heavy atom. The maximum Gasteiger partial charge on any atom is 0.335 e. The summed E-state index contributed by atoms with van der Waals surface area (Å²) in [5.74, 6) is -1.27. The van der Waals surface area contributed by atoms with E-state index in [0.717, 1.165) is 11.1 Å². The molecule has 0 unspecified atom stereocenters. The topological polar surface area (TPSA) is 104 Å². The number of halogens is 1. The fourth-order valence-electron chi connectivity index (χ4n) is 3.55. The predicted molar refractivity (Wildman–Crippen MR) is 133 cm³/mol. The van der Waals surface area contributed by atoms with Gasteiger partial charge in [0.25, 0.3) is 11.5 Å². The fourth-order valence-corrected chi connectivity index (χ4v) is 3.93. The van der Waals surface area contributed by atoms with E-state index in [1.807, 2.05) is 24.3 Å². The number of carbonyl (C=O) groups is 2. The van der Waals surface area contributed by atoms with Crippen LogP contribution in [0.25, 0.3) is 10.9 Å². The minimum atomic E-state index is -1.08. The minimum Gasteiger partial charge on any atom is -0.478 e. The van der Waals surface area contributed by atoms with E-state index in [1.54, 1.807) is 24.3 Å². The lowest BCUT2D eigenvalue weighted by Gasteiger charge is -2.10. The fraction of sp³-hybridized carbons (Fsp3) is 0.120. The van der Waals surface area contributed by atoms with Crippen LogP contribution < -0.4 is 10.9 Å². The molecule has 0 spiro atoms. The van der Waals surface area contributed by atoms with Gasteiger partial charge in [0.2, 0.25) is 0 Å². The maximum atomic E-state index is 12.9. The van der Waals surface area contributed by atoms with Gasteiger partial charge in [0.05, 0.1) is 23.0 Å². The molecule has 0 bridgehead atoms. The number of benzene rings is 3. The van der Waals surface area contributed by atoms with Crippen LogP contribution in [0.3, 0.4) is 0 Å². The van der Waals surface area contributed by atoms with Crippen molar-refractivity contribution in [2.75, 3.05) is 6.54 Å². The zero-order valence-corrected chi connectivity index (χ0v) is 19.4. The number of fused-ring (bicyclic) bond motifs is 1. The average molecular weight is 494 g/mol. The number of carboxylic acids is 1. The van der Waals surface area contributed by atoms with Crippen molar-refractivity contribution < 1.29 is 14.7 Å². The number of aromatic nitrogens is 2. The molecular weight excluding hydrogens is 474 g/mol. The maximum absolute atomic E-state index is 12.9. The third-order valence-corrected chi connectivity index (χ3v) is 5.97. The Hall–Kier alpha value is -3.75. The highest BCUT2D eigenvalue weighted by molar-refractivity contribution is 7.71. The van der Waals surface area contributed by atoms with E-state index in [0.29, 0.717) is 34.5 Å². The van der Waals surface area contributed by atoms with Gasteiger partial charge in [-0.1, -0.05) is 35.9 Å². The molecule has 0 atom stereocenters. The van der Waals surface area contributed by atoms with Gasteiger partial charge >= 0.3 is 5.97 Å². The molecule has 34 heavy (non-hydrogen) atoms. The van der Waals surface area contributed by atoms with Crippen molar-refractivity contribution in [3.63, 3.8) is 0 Å². The smallest absolute Gasteiger partial charge is 0.335 e. The monoisotopic (exact) mass is 493 g/mol. The average Bonchev–Trinajstić information content (AvgIpc) is 2.83. The van der Waals surface area contributed by atoms with Crippen LogP contribution >= 0.6 is 23.8 Å². The Kier molecular flexibility index (Phi) is 6.90. The van der Waals surface area contributed by atoms with Crippen LogP contribution in [-0.2, 0) is 13.0 Å². The Bertz CT molecular complexity index is 1490. The summed E-state index contributed by atoms with van der Waals surface area (Å²) in [6.45, 7) is 0.705. The number of aromatic carboxylic acids is 1. The van der Waals surface area contributed by atoms with Crippen molar-refractivity contribution in [1.82, 2.24) is 14.9 Å². The molecule has 3 N–H and O–H groups in total. The van der Waals surface area contributed by atoms with Gasteiger partial charge in [-0.2, -0.15) is 0 Å². The van der Waals surface area contributed by atoms with Crippen LogP contribution in [-0.4, -0.2) is 33.1 Å². The molecule has 0 saturated heterocycles. The predicted octanol–water partition coefficient (Wildman–Crippen LogP) is 4.43. The van der Waals surface area contributed by atoms with E-state index < -0.39 is 5.97 Å². The number of amides is 1. The molecule has 7 nitrogen and oxygen atoms in total. The lowest BCUT2D eigenvalue weighted by atomic mass is 10.1. The number of rotatable bonds is 7. The Labute approximate surface area is 204 Å². The number of carboxylic acid groups (broad SMARTS) is 1. The summed E-state index contributed by atoms with van der Waals surface area (Å²) in [4.78, 5) is 39.5. The van der Waals surface area contributed by atoms with Gasteiger partial charge in [0.1, 0.15) is 0 Å². The summed E-state index contributed by atoms with van der Waals surface area (Å²) in [6.07, 6.45) is 0.692. The zero-order valence-electron chi connectivity index (χ0n) is 17.9. The second kappa shape index (κ2) is 10.0. The molecule has 0 saturated carbocycles. The lowest BCUT2D eigenvalue weighted by Crippen LogP contribution is -2.26. The van der Waals surface area contributed by atoms with Crippen molar-refractivity contribution >= 4 is 46.6 Å². The highest BCUT2D eigenvalue weighted by Gasteiger charge is 2.11. The summed E-state index contributed by atoms with van der Waals surface area (Å²) in [5.41, 5.74) is 2.50. The van der Waals surface area contributed by atoms with E-state index in [1.165, 1.54) is 22.8 Å². The lowest BCUT2D eigenvalue weighted by molar-refractivity contribution is 0.0696. The number of hydrogen-bond donors (Lipinski definition) is 3. The third-order valence-electron chi connectivity index (χ3n) is 5.40. The molecule has 4 rings (SSSR count). The van der Waals surface area contributed by atoms with Crippen LogP contribution in [0.15, 0.2) is 71.5 Å². The molecule has 9 heteroatoms. The molecule has 1 heterocycles. The van der Waals surface area contributed by atoms with Crippen LogP contribution in [0.2, 0.25) is 5.02 Å². The molecule has 1 amide bonds. The Morgan fingerprint density at radius 3 is 2.29 bits per heavy atom. The van der Waals surface area contributed by atoms with Gasteiger partial charge in [-0.05, 0) is 72.2 Å². The largest absolute Gasteiger partial charge is 0.478 e. The summed E-state index contributed by atoms with van der Waals surface area (Å²) < 4.78 is 1.59. The molecule has 172 valence electrons. The van der Waals surface area contributed by atoms with E-state index in [2.05, 4.69) is 10.3 Å². The molecular formula is C25H20ClN3O4S. The van der Waals surface area contributed by atoms with Crippen LogP contribution in [0.5, 0.6) is 0 Å². The van der Waals surface area contributed by atoms with Gasteiger partial charge in [0, 0.05) is 17.1 Å². The summed E-state index contributed by atoms with van der Waals surface area (Å²) >= 11 is 11.2. The molecule has 0 fully saturated rings. The van der Waals surface area contributed by atoms with Crippen molar-refractivity contribution in [1.29, 1.82) is 0 Å². The summed E-state index contributed by atoms with van der Waals surface area (Å²) in [6, 6.07) is 18.7. The minimum absolute atomic E-state index is 0.0670. The SMILES string of the molecule is O=C(O)c1ccc2c(=O)n(Cc3ccc(C(=O)NCCc4ccc(Cl)cc4)cc3)c(=S)[nH]c2c1. The number of carbonyl (C=O) groups excluding carboxylic acids is 1. The first kappa shape index (κ1) is 23.4. The van der Waals surface area contributed by atoms with Crippen molar-refractivity contribution in [2.24, 2.45) is 0 Å². The molecule has 0 aliphatic heterocycles. The summed E-state index contributed by atoms with van der Waals surface area (Å²) in [5, 5.41) is 13.1. The van der Waals surface area contributed by atoms with Crippen molar-refractivity contribution in [3.05, 3.63) is 109 Å². The highest BCUT2D eigenvalue weighted by Crippen LogP contribution is 2.13. The van der Waals surface area contributed by atoms with E-state index >= 15 is 0 Å². The highest BCUT2D eigenvalue weighted by atomic mass is 35.5. The van der Waals surface area contributed by atoms with Crippen LogP contribution in [0.1, 0.15) is 31.8 Å². The van der Waals surface area contributed by atoms with E-state index in [9.17, 15) is 14.4 Å². The molecule has 0 radical (unpaired) electrons. The normalized spacial score (nSPS) is 10.9. The van der Waals surface area contributed by atoms with Gasteiger partial charge in [-0.3, -0.25) is 14.2 Å². The molecule has 3 aromatic carbocycles. The Morgan fingerprint density at radius 2 is 1.62 bits per heavy atom. The quantitative estimate of drug-likeness (QED) is 0.330. The Balaban J connectivity index is 1.44. The van der Waals surface area contributed by atoms with Crippen LogP contribution in [0.4, 0.5) is 0 Å². The standard InChI is InChI=1S/C25H20ClN3O4S/c26-19-8-3-15(4-9-19)11-12-27-22(30)17-5-1-16(2-6-17)14-29-23(31)20-10-7-18(24(32)33)13-21(20)28-25(29)34/h1-10,13H,11-12,14H2,(H,27,30)(H,28,34)(H,32,33). The van der Waals surface area contributed by atoms with Gasteiger partial charge in [-0.25, -0.2) is 4.79 Å². The van der Waals surface area contributed by atoms with E-state index in [-0.39, 0.29) is 28.3 Å². The molecule has 0 aliphatic rings. The number of aromatic amines is 1. The van der Waals surface area contributed by atoms with E-state index in [4.69, 9.17) is 28.9 Å². The van der Waals surface area contributed by atoms with Crippen LogP contribution in [0, 0.1) is 4.77 Å². The van der Waals surface area contributed by atoms with Gasteiger partial charge < -0.3 is 15.4 Å². The number of nitrogens with zero attached hydrogens (tertiary/aromatic N) is 1. The second-order valence-electron chi connectivity index (χ2n) is 7.72. The number of H-pyrrole nitrogens is 1. The first-order valence-corrected chi connectivity index (χ1v) is 11.2. The first-order chi connectivity index (χ1) is 16.3. The zero-order chi connectivity index (χ0) is 24.2. The van der Waals surface area contributed by atoms with Crippen molar-refractivity contribution in [3.8, 4) is 0 Å². The third kappa shape index (κ3) is 5.24. The van der Waals surface area contributed by atoms with Gasteiger partial charge in [-0.15, -0.1) is 0 Å². The molecule has 4 aromatic rings. The number of nitrogens with one attached hydrogen (secondary N) is 2. The number of hydrogen-bond acceptors (Lipinski definition) is 4.